The molecule has 0 aliphatic heterocycles. The minimum absolute atomic E-state index is 0. The van der Waals surface area contributed by atoms with Crippen molar-refractivity contribution in [3.63, 3.8) is 0 Å². The van der Waals surface area contributed by atoms with E-state index in [1.54, 1.807) is 0 Å². The van der Waals surface area contributed by atoms with E-state index in [4.69, 9.17) is 38.5 Å². The van der Waals surface area contributed by atoms with E-state index in [0.29, 0.717) is 0 Å². The summed E-state index contributed by atoms with van der Waals surface area (Å²) in [7, 11) is -10.5. The Kier molecular flexibility index (Phi) is 17.7. The smallest absolute Gasteiger partial charge is 0.822 e. The fraction of sp³-hybridized carbons (Fsp3) is 0. The number of hydrogen-bond acceptors (Lipinski definition) is 7. The summed E-state index contributed by atoms with van der Waals surface area (Å²) in [4.78, 5) is 49.9. The zero-order valence-electron chi connectivity index (χ0n) is 5.48. The molecule has 0 saturated heterocycles. The summed E-state index contributed by atoms with van der Waals surface area (Å²) in [5.41, 5.74) is 0. The first-order chi connectivity index (χ1) is 4.00. The second-order valence-electron chi connectivity index (χ2n) is 0.916. The van der Waals surface area contributed by atoms with Gasteiger partial charge >= 0.3 is 40.4 Å². The zero-order valence-corrected chi connectivity index (χ0v) is 9.84. The molecular formula is HAlMgO8P2. The molecule has 0 radical (unpaired) electrons. The van der Waals surface area contributed by atoms with Crippen LogP contribution in [0.2, 0.25) is 0 Å². The molecule has 0 aromatic heterocycles. The van der Waals surface area contributed by atoms with Crippen molar-refractivity contribution in [2.75, 3.05) is 0 Å². The minimum atomic E-state index is -5.39. The van der Waals surface area contributed by atoms with Gasteiger partial charge in [-0.25, -0.2) is 0 Å². The maximum atomic E-state index is 8.66. The summed E-state index contributed by atoms with van der Waals surface area (Å²) in [6.07, 6.45) is 0. The molecule has 0 atom stereocenters. The Morgan fingerprint density at radius 2 is 0.917 bits per heavy atom. The molecule has 12 heteroatoms. The minimum Gasteiger partial charge on any atom is -0.822 e. The maximum Gasteiger partial charge on any atom is 3.00 e. The standard InChI is InChI=1S/Al.Mg.2H3O4P/c;;2*1-5(2,3)4/h;;2*(H3,1,2,3,4)/q+3;+2;;/p-5. The van der Waals surface area contributed by atoms with Crippen LogP contribution in [-0.2, 0) is 9.13 Å². The van der Waals surface area contributed by atoms with Gasteiger partial charge in [-0.15, -0.1) is 0 Å². The van der Waals surface area contributed by atoms with Crippen LogP contribution in [0.4, 0.5) is 0 Å². The van der Waals surface area contributed by atoms with Crippen LogP contribution in [-0.4, -0.2) is 45.3 Å². The molecule has 12 heavy (non-hydrogen) atoms. The first kappa shape index (κ1) is 23.4. The SMILES string of the molecule is O=P([O-])([O-])O.O=P([O-])([O-])[O-].[Al+3].[Mg+2]. The van der Waals surface area contributed by atoms with E-state index >= 15 is 0 Å². The summed E-state index contributed by atoms with van der Waals surface area (Å²) in [5, 5.41) is 0. The van der Waals surface area contributed by atoms with Gasteiger partial charge in [0.2, 0.25) is 0 Å². The monoisotopic (exact) mass is 242 g/mol. The molecule has 0 aromatic carbocycles. The third kappa shape index (κ3) is 553. The van der Waals surface area contributed by atoms with Gasteiger partial charge in [0.25, 0.3) is 0 Å². The molecule has 0 amide bonds. The quantitative estimate of drug-likeness (QED) is 0.323. The summed E-state index contributed by atoms with van der Waals surface area (Å²) >= 11 is 0. The normalized spacial score (nSPS) is 9.83. The third-order valence-corrected chi connectivity index (χ3v) is 0. The van der Waals surface area contributed by atoms with Crippen LogP contribution >= 0.6 is 15.6 Å². The van der Waals surface area contributed by atoms with E-state index in [2.05, 4.69) is 0 Å². The summed E-state index contributed by atoms with van der Waals surface area (Å²) in [6, 6.07) is 0. The van der Waals surface area contributed by atoms with Crippen LogP contribution in [0.25, 0.3) is 0 Å². The van der Waals surface area contributed by atoms with Gasteiger partial charge in [-0.05, 0) is 0 Å². The van der Waals surface area contributed by atoms with Crippen LogP contribution in [0.5, 0.6) is 0 Å². The van der Waals surface area contributed by atoms with Crippen molar-refractivity contribution in [1.29, 1.82) is 0 Å². The average Bonchev–Trinajstić information content (AvgIpc) is 1.12. The van der Waals surface area contributed by atoms with Gasteiger partial charge in [0.15, 0.2) is 0 Å². The number of rotatable bonds is 0. The van der Waals surface area contributed by atoms with E-state index in [1.807, 2.05) is 0 Å². The number of hydrogen-bond donors (Lipinski definition) is 1. The van der Waals surface area contributed by atoms with Crippen LogP contribution in [0.1, 0.15) is 0 Å². The zero-order chi connectivity index (χ0) is 9.00. The Labute approximate surface area is 94.4 Å². The Hall–Kier alpha value is 1.52. The fourth-order valence-electron chi connectivity index (χ4n) is 0. The molecule has 0 fully saturated rings. The predicted molar refractivity (Wildman–Crippen MR) is 28.9 cm³/mol. The van der Waals surface area contributed by atoms with E-state index in [9.17, 15) is 0 Å². The maximum absolute atomic E-state index is 8.66. The van der Waals surface area contributed by atoms with Gasteiger partial charge in [0.05, 0.1) is 7.82 Å². The molecule has 0 bridgehead atoms. The van der Waals surface area contributed by atoms with Crippen molar-refractivity contribution in [2.24, 2.45) is 0 Å². The van der Waals surface area contributed by atoms with Gasteiger partial charge in [-0.2, -0.15) is 7.82 Å². The van der Waals surface area contributed by atoms with Gasteiger partial charge in [0.1, 0.15) is 0 Å². The summed E-state index contributed by atoms with van der Waals surface area (Å²) < 4.78 is 17.2. The van der Waals surface area contributed by atoms with Crippen LogP contribution in [0.3, 0.4) is 0 Å². The third-order valence-electron chi connectivity index (χ3n) is 0. The fourth-order valence-corrected chi connectivity index (χ4v) is 0. The van der Waals surface area contributed by atoms with Crippen molar-refractivity contribution in [1.82, 2.24) is 0 Å². The topological polar surface area (TPSA) is 170 Å². The van der Waals surface area contributed by atoms with Crippen LogP contribution in [0.15, 0.2) is 0 Å². The van der Waals surface area contributed by atoms with E-state index < -0.39 is 15.6 Å². The first-order valence-electron chi connectivity index (χ1n) is 1.48. The molecule has 1 N–H and O–H groups in total. The van der Waals surface area contributed by atoms with Crippen LogP contribution < -0.4 is 24.5 Å². The molecule has 0 aromatic rings. The van der Waals surface area contributed by atoms with E-state index in [-0.39, 0.29) is 40.4 Å². The Balaban J connectivity index is -0.0000000457. The Morgan fingerprint density at radius 1 is 0.917 bits per heavy atom. The van der Waals surface area contributed by atoms with Crippen molar-refractivity contribution in [3.8, 4) is 0 Å². The number of phosphoric acid groups is 2. The molecule has 0 rings (SSSR count). The van der Waals surface area contributed by atoms with E-state index in [0.717, 1.165) is 0 Å². The molecule has 0 saturated carbocycles. The van der Waals surface area contributed by atoms with Gasteiger partial charge in [-0.1, -0.05) is 0 Å². The molecule has 0 aliphatic carbocycles. The molecule has 0 unspecified atom stereocenters. The molecule has 64 valence electrons. The van der Waals surface area contributed by atoms with Crippen molar-refractivity contribution >= 4 is 56.1 Å². The summed E-state index contributed by atoms with van der Waals surface area (Å²) in [5.74, 6) is 0. The molecule has 8 nitrogen and oxygen atoms in total. The van der Waals surface area contributed by atoms with Gasteiger partial charge < -0.3 is 38.5 Å². The second-order valence-corrected chi connectivity index (χ2v) is 2.75. The first-order valence-corrected chi connectivity index (χ1v) is 4.43. The Bertz CT molecular complexity index is 129. The van der Waals surface area contributed by atoms with Crippen molar-refractivity contribution < 1.29 is 38.5 Å². The second kappa shape index (κ2) is 9.09. The Morgan fingerprint density at radius 3 is 0.917 bits per heavy atom. The van der Waals surface area contributed by atoms with Crippen molar-refractivity contribution in [3.05, 3.63) is 0 Å². The average molecular weight is 242 g/mol. The molecular weight excluding hydrogens is 241 g/mol. The summed E-state index contributed by atoms with van der Waals surface area (Å²) in [6.45, 7) is 0. The molecule has 0 spiro atoms. The predicted octanol–water partition coefficient (Wildman–Crippen LogP) is -5.78. The van der Waals surface area contributed by atoms with E-state index in [1.165, 1.54) is 0 Å². The van der Waals surface area contributed by atoms with Crippen molar-refractivity contribution in [2.45, 2.75) is 0 Å². The molecule has 0 heterocycles. The van der Waals surface area contributed by atoms with Gasteiger partial charge in [-0.3, -0.25) is 0 Å². The van der Waals surface area contributed by atoms with Crippen LogP contribution in [0, 0.1) is 0 Å². The largest absolute Gasteiger partial charge is 3.00 e. The van der Waals surface area contributed by atoms with Gasteiger partial charge in [0, 0.05) is 0 Å². The molecule has 0 aliphatic rings.